The van der Waals surface area contributed by atoms with Gasteiger partial charge in [-0.25, -0.2) is 0 Å². The molecule has 1 saturated carbocycles. The zero-order valence-corrected chi connectivity index (χ0v) is 12.2. The van der Waals surface area contributed by atoms with Crippen LogP contribution in [0.2, 0.25) is 0 Å². The zero-order chi connectivity index (χ0) is 13.0. The molecule has 0 aliphatic heterocycles. The van der Waals surface area contributed by atoms with Gasteiger partial charge in [0.2, 0.25) is 5.91 Å². The smallest absolute Gasteiger partial charge is 0.236 e. The summed E-state index contributed by atoms with van der Waals surface area (Å²) < 4.78 is 0. The Morgan fingerprint density at radius 3 is 2.32 bits per heavy atom. The SMILES string of the molecule is C[C@@H](N)C(=O)NC1CCC(c2ccccc2)CC1.Cl. The van der Waals surface area contributed by atoms with E-state index in [4.69, 9.17) is 5.73 Å². The van der Waals surface area contributed by atoms with Crippen LogP contribution in [0.25, 0.3) is 0 Å². The highest BCUT2D eigenvalue weighted by Crippen LogP contribution is 2.32. The second kappa shape index (κ2) is 7.51. The third-order valence-corrected chi connectivity index (χ3v) is 3.76. The highest BCUT2D eigenvalue weighted by Gasteiger charge is 2.23. The number of nitrogens with two attached hydrogens (primary N) is 1. The van der Waals surface area contributed by atoms with E-state index in [-0.39, 0.29) is 18.3 Å². The van der Waals surface area contributed by atoms with Gasteiger partial charge in [-0.05, 0) is 44.1 Å². The summed E-state index contributed by atoms with van der Waals surface area (Å²) in [5.41, 5.74) is 6.98. The number of hydrogen-bond acceptors (Lipinski definition) is 2. The van der Waals surface area contributed by atoms with Crippen LogP contribution in [0.4, 0.5) is 0 Å². The second-order valence-corrected chi connectivity index (χ2v) is 5.26. The fourth-order valence-corrected chi connectivity index (χ4v) is 2.63. The Bertz CT molecular complexity index is 386. The standard InChI is InChI=1S/C15H22N2O.ClH/c1-11(16)15(18)17-14-9-7-13(8-10-14)12-5-3-2-4-6-12;/h2-6,11,13-14H,7-10,16H2,1H3,(H,17,18);1H/t11-,13?,14?;/m1./s1. The fraction of sp³-hybridized carbons (Fsp3) is 0.533. The minimum absolute atomic E-state index is 0. The summed E-state index contributed by atoms with van der Waals surface area (Å²) in [4.78, 5) is 11.5. The van der Waals surface area contributed by atoms with Gasteiger partial charge in [0.05, 0.1) is 6.04 Å². The van der Waals surface area contributed by atoms with Gasteiger partial charge in [-0.1, -0.05) is 30.3 Å². The molecule has 0 spiro atoms. The molecule has 106 valence electrons. The third-order valence-electron chi connectivity index (χ3n) is 3.76. The number of amides is 1. The predicted molar refractivity (Wildman–Crippen MR) is 80.5 cm³/mol. The summed E-state index contributed by atoms with van der Waals surface area (Å²) in [6.45, 7) is 1.73. The molecule has 3 N–H and O–H groups in total. The second-order valence-electron chi connectivity index (χ2n) is 5.26. The number of carbonyl (C=O) groups is 1. The summed E-state index contributed by atoms with van der Waals surface area (Å²) in [5.74, 6) is 0.618. The molecule has 1 aliphatic rings. The maximum absolute atomic E-state index is 11.5. The Morgan fingerprint density at radius 1 is 1.21 bits per heavy atom. The van der Waals surface area contributed by atoms with Crippen LogP contribution >= 0.6 is 12.4 Å². The third kappa shape index (κ3) is 4.51. The molecule has 1 fully saturated rings. The topological polar surface area (TPSA) is 55.1 Å². The molecular formula is C15H23ClN2O. The van der Waals surface area contributed by atoms with Crippen LogP contribution in [0.5, 0.6) is 0 Å². The molecule has 4 heteroatoms. The molecule has 1 amide bonds. The van der Waals surface area contributed by atoms with Crippen LogP contribution in [-0.2, 0) is 4.79 Å². The van der Waals surface area contributed by atoms with Gasteiger partial charge in [0.1, 0.15) is 0 Å². The molecule has 0 heterocycles. The first-order chi connectivity index (χ1) is 8.66. The molecule has 0 radical (unpaired) electrons. The van der Waals surface area contributed by atoms with E-state index in [2.05, 4.69) is 35.6 Å². The monoisotopic (exact) mass is 282 g/mol. The van der Waals surface area contributed by atoms with Crippen LogP contribution in [0, 0.1) is 0 Å². The van der Waals surface area contributed by atoms with Gasteiger partial charge in [-0.15, -0.1) is 12.4 Å². The van der Waals surface area contributed by atoms with Crippen LogP contribution in [0.1, 0.15) is 44.1 Å². The van der Waals surface area contributed by atoms with E-state index < -0.39 is 6.04 Å². The van der Waals surface area contributed by atoms with Crippen molar-refractivity contribution in [3.63, 3.8) is 0 Å². The van der Waals surface area contributed by atoms with Crippen LogP contribution in [-0.4, -0.2) is 18.0 Å². The first-order valence-electron chi connectivity index (χ1n) is 6.77. The van der Waals surface area contributed by atoms with Gasteiger partial charge in [0.15, 0.2) is 0 Å². The van der Waals surface area contributed by atoms with E-state index in [0.29, 0.717) is 12.0 Å². The minimum Gasteiger partial charge on any atom is -0.352 e. The number of benzene rings is 1. The first-order valence-corrected chi connectivity index (χ1v) is 6.77. The molecule has 2 rings (SSSR count). The van der Waals surface area contributed by atoms with Gasteiger partial charge in [0.25, 0.3) is 0 Å². The van der Waals surface area contributed by atoms with E-state index in [0.717, 1.165) is 25.7 Å². The van der Waals surface area contributed by atoms with E-state index in [1.54, 1.807) is 6.92 Å². The molecule has 0 aromatic heterocycles. The van der Waals surface area contributed by atoms with E-state index in [9.17, 15) is 4.79 Å². The van der Waals surface area contributed by atoms with Crippen LogP contribution in [0.15, 0.2) is 30.3 Å². The Balaban J connectivity index is 0.00000180. The Morgan fingerprint density at radius 2 is 1.79 bits per heavy atom. The maximum atomic E-state index is 11.5. The summed E-state index contributed by atoms with van der Waals surface area (Å²) in [7, 11) is 0. The highest BCUT2D eigenvalue weighted by atomic mass is 35.5. The molecule has 0 unspecified atom stereocenters. The largest absolute Gasteiger partial charge is 0.352 e. The van der Waals surface area contributed by atoms with Crippen molar-refractivity contribution < 1.29 is 4.79 Å². The molecule has 19 heavy (non-hydrogen) atoms. The van der Waals surface area contributed by atoms with Gasteiger partial charge >= 0.3 is 0 Å². The number of rotatable bonds is 3. The van der Waals surface area contributed by atoms with Crippen molar-refractivity contribution in [2.24, 2.45) is 5.73 Å². The van der Waals surface area contributed by atoms with E-state index in [1.807, 2.05) is 0 Å². The van der Waals surface area contributed by atoms with Crippen LogP contribution < -0.4 is 11.1 Å². The lowest BCUT2D eigenvalue weighted by atomic mass is 9.82. The molecule has 1 aliphatic carbocycles. The quantitative estimate of drug-likeness (QED) is 0.895. The molecule has 1 aromatic carbocycles. The molecular weight excluding hydrogens is 260 g/mol. The van der Waals surface area contributed by atoms with Crippen molar-refractivity contribution in [1.82, 2.24) is 5.32 Å². The van der Waals surface area contributed by atoms with E-state index in [1.165, 1.54) is 5.56 Å². The van der Waals surface area contributed by atoms with Crippen molar-refractivity contribution in [3.05, 3.63) is 35.9 Å². The zero-order valence-electron chi connectivity index (χ0n) is 11.3. The van der Waals surface area contributed by atoms with E-state index >= 15 is 0 Å². The van der Waals surface area contributed by atoms with Crippen LogP contribution in [0.3, 0.4) is 0 Å². The summed E-state index contributed by atoms with van der Waals surface area (Å²) in [6.07, 6.45) is 4.40. The Kier molecular flexibility index (Phi) is 6.32. The predicted octanol–water partition coefficient (Wildman–Crippen LogP) is 2.60. The minimum atomic E-state index is -0.406. The maximum Gasteiger partial charge on any atom is 0.236 e. The summed E-state index contributed by atoms with van der Waals surface area (Å²) in [5, 5.41) is 3.03. The number of halogens is 1. The van der Waals surface area contributed by atoms with Crippen molar-refractivity contribution >= 4 is 18.3 Å². The van der Waals surface area contributed by atoms with Gasteiger partial charge in [-0.2, -0.15) is 0 Å². The average molecular weight is 283 g/mol. The van der Waals surface area contributed by atoms with Crippen molar-refractivity contribution in [2.75, 3.05) is 0 Å². The average Bonchev–Trinajstić information content (AvgIpc) is 2.40. The van der Waals surface area contributed by atoms with Gasteiger partial charge in [0, 0.05) is 6.04 Å². The van der Waals surface area contributed by atoms with Crippen molar-refractivity contribution in [1.29, 1.82) is 0 Å². The molecule has 1 atom stereocenters. The molecule has 1 aromatic rings. The summed E-state index contributed by atoms with van der Waals surface area (Å²) >= 11 is 0. The number of carbonyl (C=O) groups excluding carboxylic acids is 1. The van der Waals surface area contributed by atoms with Crippen molar-refractivity contribution in [3.8, 4) is 0 Å². The number of nitrogens with one attached hydrogen (secondary N) is 1. The fourth-order valence-electron chi connectivity index (χ4n) is 2.63. The number of hydrogen-bond donors (Lipinski definition) is 2. The molecule has 3 nitrogen and oxygen atoms in total. The first kappa shape index (κ1) is 16.0. The molecule has 0 saturated heterocycles. The van der Waals surface area contributed by atoms with Gasteiger partial charge in [-0.3, -0.25) is 4.79 Å². The molecule has 0 bridgehead atoms. The lowest BCUT2D eigenvalue weighted by Crippen LogP contribution is -2.45. The highest BCUT2D eigenvalue weighted by molar-refractivity contribution is 5.85. The van der Waals surface area contributed by atoms with Gasteiger partial charge < -0.3 is 11.1 Å². The van der Waals surface area contributed by atoms with Crippen molar-refractivity contribution in [2.45, 2.75) is 50.6 Å². The Labute approximate surface area is 121 Å². The summed E-state index contributed by atoms with van der Waals surface area (Å²) in [6, 6.07) is 10.5. The normalized spacial score (nSPS) is 24.1. The lowest BCUT2D eigenvalue weighted by Gasteiger charge is -2.29. The lowest BCUT2D eigenvalue weighted by molar-refractivity contribution is -0.122. The Hall–Kier alpha value is -1.06.